The van der Waals surface area contributed by atoms with E-state index < -0.39 is 10.0 Å². The fraction of sp³-hybridized carbons (Fsp3) is 0.571. The van der Waals surface area contributed by atoms with Crippen LogP contribution in [0.4, 0.5) is 0 Å². The third kappa shape index (κ3) is 5.67. The average Bonchev–Trinajstić information content (AvgIpc) is 3.27. The molecule has 1 heterocycles. The summed E-state index contributed by atoms with van der Waals surface area (Å²) in [6.07, 6.45) is 5.74. The van der Waals surface area contributed by atoms with E-state index in [1.54, 1.807) is 24.3 Å². The molecule has 1 aliphatic carbocycles. The lowest BCUT2D eigenvalue weighted by atomic mass is 9.94. The van der Waals surface area contributed by atoms with Crippen molar-refractivity contribution in [3.8, 4) is 11.5 Å². The number of hydrogen-bond donors (Lipinski definition) is 0. The van der Waals surface area contributed by atoms with E-state index in [0.717, 1.165) is 12.8 Å². The molecular weight excluding hydrogens is 436 g/mol. The Bertz CT molecular complexity index is 966. The van der Waals surface area contributed by atoms with E-state index in [0.29, 0.717) is 35.8 Å². The first-order chi connectivity index (χ1) is 14.9. The van der Waals surface area contributed by atoms with E-state index in [2.05, 4.69) is 10.2 Å². The number of thioether (sulfide) groups is 1. The number of carbonyl (C=O) groups excluding carboxylic acids is 1. The third-order valence-corrected chi connectivity index (χ3v) is 8.55. The largest absolute Gasteiger partial charge is 0.411 e. The Hall–Kier alpha value is -1.91. The maximum absolute atomic E-state index is 12.6. The van der Waals surface area contributed by atoms with Crippen LogP contribution in [-0.4, -0.2) is 65.7 Å². The molecule has 170 valence electrons. The van der Waals surface area contributed by atoms with Crippen molar-refractivity contribution in [3.63, 3.8) is 0 Å². The van der Waals surface area contributed by atoms with Gasteiger partial charge in [0, 0.05) is 31.7 Å². The molecule has 3 rings (SSSR count). The minimum absolute atomic E-state index is 0.0580. The molecule has 1 aromatic heterocycles. The molecule has 0 aliphatic heterocycles. The molecule has 31 heavy (non-hydrogen) atoms. The molecule has 8 nitrogen and oxygen atoms in total. The highest BCUT2D eigenvalue weighted by Gasteiger charge is 2.23. The average molecular weight is 467 g/mol. The van der Waals surface area contributed by atoms with Crippen LogP contribution in [0, 0.1) is 0 Å². The molecule has 0 atom stereocenters. The number of hydrogen-bond acceptors (Lipinski definition) is 7. The van der Waals surface area contributed by atoms with Crippen LogP contribution < -0.4 is 0 Å². The number of benzene rings is 1. The van der Waals surface area contributed by atoms with Gasteiger partial charge in [0.1, 0.15) is 0 Å². The van der Waals surface area contributed by atoms with Crippen LogP contribution >= 0.6 is 11.8 Å². The number of rotatable bonds is 9. The summed E-state index contributed by atoms with van der Waals surface area (Å²) in [5.41, 5.74) is 0.628. The lowest BCUT2D eigenvalue weighted by Gasteiger charge is -2.31. The van der Waals surface area contributed by atoms with E-state index in [1.165, 1.54) is 35.3 Å². The lowest BCUT2D eigenvalue weighted by molar-refractivity contribution is -0.129. The molecule has 0 saturated heterocycles. The van der Waals surface area contributed by atoms with Crippen LogP contribution in [0.5, 0.6) is 0 Å². The predicted molar refractivity (Wildman–Crippen MR) is 120 cm³/mol. The Morgan fingerprint density at radius 3 is 2.35 bits per heavy atom. The summed E-state index contributed by atoms with van der Waals surface area (Å²) in [5.74, 6) is 0.598. The molecule has 1 saturated carbocycles. The number of amides is 1. The summed E-state index contributed by atoms with van der Waals surface area (Å²) in [5, 5.41) is 8.37. The summed E-state index contributed by atoms with van der Waals surface area (Å²) in [6.45, 7) is 4.45. The quantitative estimate of drug-likeness (QED) is 0.520. The Labute approximate surface area is 188 Å². The van der Waals surface area contributed by atoms with Gasteiger partial charge in [-0.05, 0) is 37.1 Å². The molecule has 2 aromatic rings. The summed E-state index contributed by atoms with van der Waals surface area (Å²) in [7, 11) is -1.64. The zero-order valence-corrected chi connectivity index (χ0v) is 19.9. The molecule has 0 N–H and O–H groups in total. The summed E-state index contributed by atoms with van der Waals surface area (Å²) < 4.78 is 32.3. The zero-order valence-electron chi connectivity index (χ0n) is 18.3. The second-order valence-corrected chi connectivity index (χ2v) is 10.4. The number of sulfonamides is 1. The van der Waals surface area contributed by atoms with Gasteiger partial charge >= 0.3 is 0 Å². The summed E-state index contributed by atoms with van der Waals surface area (Å²) >= 11 is 1.22. The normalized spacial score (nSPS) is 15.4. The molecular formula is C21H30N4O4S2. The van der Waals surface area contributed by atoms with Crippen LogP contribution in [0.3, 0.4) is 0 Å². The maximum Gasteiger partial charge on any atom is 0.277 e. The van der Waals surface area contributed by atoms with Crippen molar-refractivity contribution in [2.75, 3.05) is 25.9 Å². The Morgan fingerprint density at radius 2 is 1.74 bits per heavy atom. The summed E-state index contributed by atoms with van der Waals surface area (Å²) in [4.78, 5) is 14.6. The molecule has 0 spiro atoms. The van der Waals surface area contributed by atoms with E-state index in [1.807, 2.05) is 25.8 Å². The highest BCUT2D eigenvalue weighted by Crippen LogP contribution is 2.26. The van der Waals surface area contributed by atoms with Crippen LogP contribution in [0.15, 0.2) is 38.8 Å². The second kappa shape index (κ2) is 10.6. The Kier molecular flexibility index (Phi) is 8.12. The van der Waals surface area contributed by atoms with Crippen molar-refractivity contribution >= 4 is 27.7 Å². The molecule has 1 aromatic carbocycles. The zero-order chi connectivity index (χ0) is 22.4. The van der Waals surface area contributed by atoms with Crippen molar-refractivity contribution in [1.82, 2.24) is 19.4 Å². The number of carbonyl (C=O) groups is 1. The van der Waals surface area contributed by atoms with Crippen molar-refractivity contribution < 1.29 is 17.6 Å². The topological polar surface area (TPSA) is 96.6 Å². The van der Waals surface area contributed by atoms with Gasteiger partial charge in [-0.25, -0.2) is 8.42 Å². The maximum atomic E-state index is 12.6. The molecule has 1 amide bonds. The first-order valence-corrected chi connectivity index (χ1v) is 13.1. The van der Waals surface area contributed by atoms with Crippen LogP contribution in [0.1, 0.15) is 46.0 Å². The second-order valence-electron chi connectivity index (χ2n) is 7.57. The fourth-order valence-corrected chi connectivity index (χ4v) is 5.91. The van der Waals surface area contributed by atoms with Crippen LogP contribution in [0.25, 0.3) is 11.5 Å². The van der Waals surface area contributed by atoms with Gasteiger partial charge < -0.3 is 9.32 Å². The van der Waals surface area contributed by atoms with Gasteiger partial charge in [0.2, 0.25) is 21.8 Å². The SMILES string of the molecule is CCN(CC)S(=O)(=O)c1ccc(-c2nnc(SCC(=O)N(C)C3CCCCC3)o2)cc1. The van der Waals surface area contributed by atoms with Gasteiger partial charge in [0.15, 0.2) is 0 Å². The van der Waals surface area contributed by atoms with Gasteiger partial charge in [-0.1, -0.05) is 44.9 Å². The highest BCUT2D eigenvalue weighted by atomic mass is 32.2. The predicted octanol–water partition coefficient (Wildman–Crippen LogP) is 3.65. The van der Waals surface area contributed by atoms with Crippen molar-refractivity contribution in [1.29, 1.82) is 0 Å². The van der Waals surface area contributed by atoms with Crippen molar-refractivity contribution in [2.45, 2.75) is 62.1 Å². The van der Waals surface area contributed by atoms with E-state index in [-0.39, 0.29) is 16.6 Å². The molecule has 0 unspecified atom stereocenters. The van der Waals surface area contributed by atoms with Gasteiger partial charge in [-0.3, -0.25) is 4.79 Å². The smallest absolute Gasteiger partial charge is 0.277 e. The minimum atomic E-state index is -3.51. The lowest BCUT2D eigenvalue weighted by Crippen LogP contribution is -2.39. The first kappa shape index (κ1) is 23.7. The van der Waals surface area contributed by atoms with Crippen LogP contribution in [0.2, 0.25) is 0 Å². The van der Waals surface area contributed by atoms with Crippen LogP contribution in [-0.2, 0) is 14.8 Å². The summed E-state index contributed by atoms with van der Waals surface area (Å²) in [6, 6.07) is 6.72. The molecule has 1 aliphatic rings. The van der Waals surface area contributed by atoms with Crippen molar-refractivity contribution in [3.05, 3.63) is 24.3 Å². The fourth-order valence-electron chi connectivity index (χ4n) is 3.76. The first-order valence-electron chi connectivity index (χ1n) is 10.7. The van der Waals surface area contributed by atoms with Gasteiger partial charge in [0.05, 0.1) is 10.6 Å². The molecule has 0 bridgehead atoms. The van der Waals surface area contributed by atoms with E-state index >= 15 is 0 Å². The van der Waals surface area contributed by atoms with Gasteiger partial charge in [-0.15, -0.1) is 10.2 Å². The standard InChI is InChI=1S/C21H30N4O4S2/c1-4-25(5-2)31(27,28)18-13-11-16(12-14-18)20-22-23-21(29-20)30-15-19(26)24(3)17-9-7-6-8-10-17/h11-14,17H,4-10,15H2,1-3H3. The van der Waals surface area contributed by atoms with Gasteiger partial charge in [0.25, 0.3) is 5.22 Å². The van der Waals surface area contributed by atoms with E-state index in [9.17, 15) is 13.2 Å². The van der Waals surface area contributed by atoms with Crippen molar-refractivity contribution in [2.24, 2.45) is 0 Å². The number of nitrogens with zero attached hydrogens (tertiary/aromatic N) is 4. The molecule has 0 radical (unpaired) electrons. The third-order valence-electron chi connectivity index (χ3n) is 5.69. The monoisotopic (exact) mass is 466 g/mol. The van der Waals surface area contributed by atoms with E-state index in [4.69, 9.17) is 4.42 Å². The highest BCUT2D eigenvalue weighted by molar-refractivity contribution is 7.99. The minimum Gasteiger partial charge on any atom is -0.411 e. The van der Waals surface area contributed by atoms with Gasteiger partial charge in [-0.2, -0.15) is 4.31 Å². The Morgan fingerprint density at radius 1 is 1.10 bits per heavy atom. The Balaban J connectivity index is 1.61. The molecule has 10 heteroatoms. The number of aromatic nitrogens is 2. The molecule has 1 fully saturated rings.